The third-order valence-electron chi connectivity index (χ3n) is 3.54. The second kappa shape index (κ2) is 7.36. The second-order valence-corrected chi connectivity index (χ2v) is 5.17. The van der Waals surface area contributed by atoms with Crippen molar-refractivity contribution in [3.05, 3.63) is 29.6 Å². The molecule has 1 aromatic rings. The molecular formula is C15H23N3O2. The highest BCUT2D eigenvalue weighted by Gasteiger charge is 2.24. The number of carbonyl (C=O) groups excluding carboxylic acids is 1. The minimum atomic E-state index is 0.0223. The molecule has 2 N–H and O–H groups in total. The Morgan fingerprint density at radius 1 is 1.45 bits per heavy atom. The van der Waals surface area contributed by atoms with E-state index in [4.69, 9.17) is 10.5 Å². The summed E-state index contributed by atoms with van der Waals surface area (Å²) in [5.41, 5.74) is 6.85. The maximum Gasteiger partial charge on any atom is 0.272 e. The second-order valence-electron chi connectivity index (χ2n) is 5.17. The Hall–Kier alpha value is -1.46. The first-order valence-electron chi connectivity index (χ1n) is 7.25. The monoisotopic (exact) mass is 277 g/mol. The number of ether oxygens (including phenoxy) is 1. The first-order chi connectivity index (χ1) is 9.70. The van der Waals surface area contributed by atoms with Gasteiger partial charge in [-0.25, -0.2) is 4.98 Å². The van der Waals surface area contributed by atoms with Crippen LogP contribution in [0.5, 0.6) is 0 Å². The van der Waals surface area contributed by atoms with Crippen LogP contribution in [-0.4, -0.2) is 48.1 Å². The van der Waals surface area contributed by atoms with Crippen molar-refractivity contribution in [2.45, 2.75) is 32.3 Å². The van der Waals surface area contributed by atoms with Crippen molar-refractivity contribution in [2.75, 3.05) is 26.2 Å². The Morgan fingerprint density at radius 3 is 2.85 bits per heavy atom. The lowest BCUT2D eigenvalue weighted by Crippen LogP contribution is -2.41. The Balaban J connectivity index is 1.83. The number of pyridine rings is 1. The Bertz CT molecular complexity index is 442. The molecule has 0 saturated carbocycles. The molecule has 0 radical (unpaired) electrons. The van der Waals surface area contributed by atoms with Gasteiger partial charge in [-0.15, -0.1) is 0 Å². The summed E-state index contributed by atoms with van der Waals surface area (Å²) in [4.78, 5) is 18.5. The lowest BCUT2D eigenvalue weighted by molar-refractivity contribution is 0.00828. The number of likely N-dealkylation sites (tertiary alicyclic amines) is 1. The molecule has 1 aliphatic heterocycles. The predicted octanol–water partition coefficient (Wildman–Crippen LogP) is 1.36. The van der Waals surface area contributed by atoms with Crippen LogP contribution < -0.4 is 5.73 Å². The molecule has 0 bridgehead atoms. The number of nitrogens with zero attached hydrogens (tertiary/aromatic N) is 2. The van der Waals surface area contributed by atoms with E-state index in [1.807, 2.05) is 24.0 Å². The number of nitrogens with two attached hydrogens (primary N) is 1. The maximum atomic E-state index is 12.3. The molecule has 1 aliphatic rings. The topological polar surface area (TPSA) is 68.5 Å². The number of aryl methyl sites for hydroxylation is 1. The number of aromatic nitrogens is 1. The first-order valence-corrected chi connectivity index (χ1v) is 7.25. The first kappa shape index (κ1) is 14.9. The lowest BCUT2D eigenvalue weighted by atomic mass is 10.1. The molecule has 20 heavy (non-hydrogen) atoms. The van der Waals surface area contributed by atoms with E-state index >= 15 is 0 Å². The minimum absolute atomic E-state index is 0.0223. The van der Waals surface area contributed by atoms with Crippen molar-refractivity contribution in [2.24, 2.45) is 5.73 Å². The number of rotatable bonds is 5. The van der Waals surface area contributed by atoms with Crippen LogP contribution in [0.15, 0.2) is 18.2 Å². The van der Waals surface area contributed by atoms with Gasteiger partial charge in [0.2, 0.25) is 0 Å². The van der Waals surface area contributed by atoms with Crippen molar-refractivity contribution in [3.8, 4) is 0 Å². The molecule has 2 heterocycles. The fourth-order valence-corrected chi connectivity index (χ4v) is 2.38. The lowest BCUT2D eigenvalue weighted by Gasteiger charge is -2.31. The van der Waals surface area contributed by atoms with Crippen LogP contribution >= 0.6 is 0 Å². The van der Waals surface area contributed by atoms with Crippen molar-refractivity contribution >= 4 is 5.91 Å². The fourth-order valence-electron chi connectivity index (χ4n) is 2.38. The van der Waals surface area contributed by atoms with Crippen molar-refractivity contribution in [1.29, 1.82) is 0 Å². The van der Waals surface area contributed by atoms with E-state index in [9.17, 15) is 4.79 Å². The van der Waals surface area contributed by atoms with E-state index in [-0.39, 0.29) is 12.0 Å². The number of hydrogen-bond donors (Lipinski definition) is 1. The summed E-state index contributed by atoms with van der Waals surface area (Å²) < 4.78 is 5.74. The highest BCUT2D eigenvalue weighted by molar-refractivity contribution is 5.92. The van der Waals surface area contributed by atoms with Crippen LogP contribution in [-0.2, 0) is 4.74 Å². The summed E-state index contributed by atoms with van der Waals surface area (Å²) in [6, 6.07) is 5.55. The standard InChI is InChI=1S/C15H23N3O2/c1-12-4-2-5-14(17-12)15(19)18-9-6-13(7-10-18)20-11-3-8-16/h2,4-5,13H,3,6-11,16H2,1H3. The van der Waals surface area contributed by atoms with Crippen LogP contribution in [0, 0.1) is 6.92 Å². The maximum absolute atomic E-state index is 12.3. The third-order valence-corrected chi connectivity index (χ3v) is 3.54. The third kappa shape index (κ3) is 4.02. The number of hydrogen-bond acceptors (Lipinski definition) is 4. The van der Waals surface area contributed by atoms with Crippen LogP contribution in [0.25, 0.3) is 0 Å². The molecule has 110 valence electrons. The molecule has 0 aromatic carbocycles. The molecular weight excluding hydrogens is 254 g/mol. The number of carbonyl (C=O) groups is 1. The number of piperidine rings is 1. The molecule has 1 saturated heterocycles. The molecule has 5 nitrogen and oxygen atoms in total. The van der Waals surface area contributed by atoms with Crippen LogP contribution in [0.3, 0.4) is 0 Å². The zero-order valence-corrected chi connectivity index (χ0v) is 12.0. The van der Waals surface area contributed by atoms with Gasteiger partial charge in [0.25, 0.3) is 5.91 Å². The Labute approximate surface area is 120 Å². The minimum Gasteiger partial charge on any atom is -0.378 e. The normalized spacial score (nSPS) is 16.4. The van der Waals surface area contributed by atoms with E-state index in [0.717, 1.165) is 38.0 Å². The summed E-state index contributed by atoms with van der Waals surface area (Å²) in [5.74, 6) is 0.0223. The zero-order valence-electron chi connectivity index (χ0n) is 12.0. The average Bonchev–Trinajstić information content (AvgIpc) is 2.47. The summed E-state index contributed by atoms with van der Waals surface area (Å²) in [6.07, 6.45) is 2.94. The van der Waals surface area contributed by atoms with E-state index in [1.54, 1.807) is 6.07 Å². The Kier molecular flexibility index (Phi) is 5.49. The van der Waals surface area contributed by atoms with E-state index < -0.39 is 0 Å². The summed E-state index contributed by atoms with van der Waals surface area (Å²) >= 11 is 0. The molecule has 0 unspecified atom stereocenters. The van der Waals surface area contributed by atoms with Gasteiger partial charge in [0.15, 0.2) is 0 Å². The van der Waals surface area contributed by atoms with Gasteiger partial charge in [-0.1, -0.05) is 6.07 Å². The van der Waals surface area contributed by atoms with Crippen LogP contribution in [0.2, 0.25) is 0 Å². The number of amides is 1. The van der Waals surface area contributed by atoms with Crippen LogP contribution in [0.1, 0.15) is 35.4 Å². The van der Waals surface area contributed by atoms with Crippen molar-refractivity contribution in [1.82, 2.24) is 9.88 Å². The quantitative estimate of drug-likeness (QED) is 0.825. The van der Waals surface area contributed by atoms with E-state index in [0.29, 0.717) is 18.8 Å². The fraction of sp³-hybridized carbons (Fsp3) is 0.600. The smallest absolute Gasteiger partial charge is 0.272 e. The van der Waals surface area contributed by atoms with Gasteiger partial charge in [0.05, 0.1) is 6.10 Å². The molecule has 2 rings (SSSR count). The van der Waals surface area contributed by atoms with Gasteiger partial charge in [0.1, 0.15) is 5.69 Å². The van der Waals surface area contributed by atoms with Crippen LogP contribution in [0.4, 0.5) is 0 Å². The van der Waals surface area contributed by atoms with Gasteiger partial charge in [-0.3, -0.25) is 4.79 Å². The molecule has 0 atom stereocenters. The highest BCUT2D eigenvalue weighted by Crippen LogP contribution is 2.16. The van der Waals surface area contributed by atoms with Gasteiger partial charge in [-0.2, -0.15) is 0 Å². The van der Waals surface area contributed by atoms with Crippen molar-refractivity contribution in [3.63, 3.8) is 0 Å². The largest absolute Gasteiger partial charge is 0.378 e. The summed E-state index contributed by atoms with van der Waals surface area (Å²) in [5, 5.41) is 0. The highest BCUT2D eigenvalue weighted by atomic mass is 16.5. The average molecular weight is 277 g/mol. The molecule has 1 amide bonds. The predicted molar refractivity (Wildman–Crippen MR) is 77.5 cm³/mol. The van der Waals surface area contributed by atoms with E-state index in [1.165, 1.54) is 0 Å². The molecule has 5 heteroatoms. The van der Waals surface area contributed by atoms with Gasteiger partial charge >= 0.3 is 0 Å². The van der Waals surface area contributed by atoms with Gasteiger partial charge < -0.3 is 15.4 Å². The summed E-state index contributed by atoms with van der Waals surface area (Å²) in [6.45, 7) is 4.75. The summed E-state index contributed by atoms with van der Waals surface area (Å²) in [7, 11) is 0. The molecule has 0 spiro atoms. The molecule has 0 aliphatic carbocycles. The van der Waals surface area contributed by atoms with E-state index in [2.05, 4.69) is 4.98 Å². The Morgan fingerprint density at radius 2 is 2.20 bits per heavy atom. The molecule has 1 fully saturated rings. The van der Waals surface area contributed by atoms with Crippen molar-refractivity contribution < 1.29 is 9.53 Å². The molecule has 1 aromatic heterocycles. The SMILES string of the molecule is Cc1cccc(C(=O)N2CCC(OCCCN)CC2)n1. The zero-order chi connectivity index (χ0) is 14.4. The van der Waals surface area contributed by atoms with Gasteiger partial charge in [0, 0.05) is 25.4 Å². The van der Waals surface area contributed by atoms with Gasteiger partial charge in [-0.05, 0) is 44.9 Å².